The quantitative estimate of drug-likeness (QED) is 0.640. The number of β-lactam (4-membered cyclic amide) rings is 1. The van der Waals surface area contributed by atoms with E-state index in [0.717, 1.165) is 30.4 Å². The molecule has 2 atom stereocenters. The molecule has 1 saturated carbocycles. The van der Waals surface area contributed by atoms with Gasteiger partial charge in [0, 0.05) is 29.7 Å². The van der Waals surface area contributed by atoms with Crippen molar-refractivity contribution in [2.24, 2.45) is 5.73 Å². The van der Waals surface area contributed by atoms with Crippen molar-refractivity contribution in [3.8, 4) is 11.8 Å². The Kier molecular flexibility index (Phi) is 3.14. The smallest absolute Gasteiger partial charge is 0.250 e. The fraction of sp³-hybridized carbons (Fsp3) is 0.278. The number of pyridine rings is 2. The molecule has 1 saturated heterocycles. The van der Waals surface area contributed by atoms with Crippen LogP contribution in [0.5, 0.6) is 0 Å². The number of carbonyl (C=O) groups is 1. The highest BCUT2D eigenvalue weighted by Gasteiger charge is 2.61. The van der Waals surface area contributed by atoms with Crippen molar-refractivity contribution < 1.29 is 4.79 Å². The summed E-state index contributed by atoms with van der Waals surface area (Å²) in [6, 6.07) is 7.56. The highest BCUT2D eigenvalue weighted by molar-refractivity contribution is 6.08. The molecule has 2 aromatic heterocycles. The highest BCUT2D eigenvalue weighted by atomic mass is 16.2. The average Bonchev–Trinajstić information content (AvgIpc) is 2.93. The maximum Gasteiger partial charge on any atom is 0.250 e. The van der Waals surface area contributed by atoms with Gasteiger partial charge in [0.25, 0.3) is 5.91 Å². The minimum atomic E-state index is -0.652. The zero-order chi connectivity index (χ0) is 15.9. The van der Waals surface area contributed by atoms with E-state index in [2.05, 4.69) is 21.8 Å². The average molecular weight is 304 g/mol. The monoisotopic (exact) mass is 304 g/mol. The first-order valence-electron chi connectivity index (χ1n) is 7.69. The van der Waals surface area contributed by atoms with Gasteiger partial charge in [-0.15, -0.1) is 0 Å². The molecule has 0 unspecified atom stereocenters. The summed E-state index contributed by atoms with van der Waals surface area (Å²) in [4.78, 5) is 22.4. The standard InChI is InChI=1S/C18H16N4O/c19-18-9-1-4-15(18)22(17(18)23)16-8-7-14(12-21-16)6-5-13-3-2-10-20-11-13/h2-3,7-8,10-12,15H,1,4,9,19H2/t15-,18-/m1/s1. The van der Waals surface area contributed by atoms with Crippen LogP contribution >= 0.6 is 0 Å². The van der Waals surface area contributed by atoms with Gasteiger partial charge in [0.15, 0.2) is 0 Å². The van der Waals surface area contributed by atoms with Crippen molar-refractivity contribution in [2.45, 2.75) is 30.8 Å². The van der Waals surface area contributed by atoms with Gasteiger partial charge in [-0.05, 0) is 43.5 Å². The van der Waals surface area contributed by atoms with E-state index in [4.69, 9.17) is 5.73 Å². The molecule has 5 heteroatoms. The molecule has 5 nitrogen and oxygen atoms in total. The normalized spacial score (nSPS) is 25.3. The molecular formula is C18H16N4O. The van der Waals surface area contributed by atoms with Gasteiger partial charge in [-0.25, -0.2) is 4.98 Å². The Labute approximate surface area is 134 Å². The number of amides is 1. The molecule has 0 aromatic carbocycles. The summed E-state index contributed by atoms with van der Waals surface area (Å²) < 4.78 is 0. The SMILES string of the molecule is N[C@]12CCC[C@H]1N(c1ccc(C#Cc3cccnc3)cn1)C2=O. The van der Waals surface area contributed by atoms with Crippen molar-refractivity contribution in [1.82, 2.24) is 9.97 Å². The molecule has 0 spiro atoms. The molecule has 2 aliphatic rings. The third kappa shape index (κ3) is 2.19. The molecule has 1 amide bonds. The molecular weight excluding hydrogens is 288 g/mol. The number of fused-ring (bicyclic) bond motifs is 1. The number of hydrogen-bond donors (Lipinski definition) is 1. The zero-order valence-corrected chi connectivity index (χ0v) is 12.6. The minimum Gasteiger partial charge on any atom is -0.316 e. The fourth-order valence-corrected chi connectivity index (χ4v) is 3.37. The molecule has 0 bridgehead atoms. The van der Waals surface area contributed by atoms with E-state index in [1.807, 2.05) is 24.3 Å². The number of nitrogens with two attached hydrogens (primary N) is 1. The van der Waals surface area contributed by atoms with Crippen LogP contribution in [-0.2, 0) is 4.79 Å². The van der Waals surface area contributed by atoms with E-state index in [-0.39, 0.29) is 11.9 Å². The Balaban J connectivity index is 1.53. The summed E-state index contributed by atoms with van der Waals surface area (Å²) in [6.07, 6.45) is 7.85. The second-order valence-corrected chi connectivity index (χ2v) is 6.02. The van der Waals surface area contributed by atoms with E-state index in [1.54, 1.807) is 23.5 Å². The highest BCUT2D eigenvalue weighted by Crippen LogP contribution is 2.43. The summed E-state index contributed by atoms with van der Waals surface area (Å²) >= 11 is 0. The summed E-state index contributed by atoms with van der Waals surface area (Å²) in [5.74, 6) is 6.73. The summed E-state index contributed by atoms with van der Waals surface area (Å²) in [6.45, 7) is 0. The van der Waals surface area contributed by atoms with E-state index >= 15 is 0 Å². The van der Waals surface area contributed by atoms with Gasteiger partial charge in [-0.2, -0.15) is 0 Å². The van der Waals surface area contributed by atoms with Gasteiger partial charge in [0.05, 0.1) is 6.04 Å². The minimum absolute atomic E-state index is 0.0123. The van der Waals surface area contributed by atoms with Crippen molar-refractivity contribution >= 4 is 11.7 Å². The zero-order valence-electron chi connectivity index (χ0n) is 12.6. The summed E-state index contributed by atoms with van der Waals surface area (Å²) in [5.41, 5.74) is 7.18. The van der Waals surface area contributed by atoms with Gasteiger partial charge in [-0.1, -0.05) is 11.8 Å². The lowest BCUT2D eigenvalue weighted by Crippen LogP contribution is -2.76. The number of anilines is 1. The van der Waals surface area contributed by atoms with Crippen LogP contribution in [0.25, 0.3) is 0 Å². The maximum atomic E-state index is 12.3. The van der Waals surface area contributed by atoms with Gasteiger partial charge in [0.1, 0.15) is 11.4 Å². The van der Waals surface area contributed by atoms with Crippen LogP contribution in [0.3, 0.4) is 0 Å². The van der Waals surface area contributed by atoms with Gasteiger partial charge in [0.2, 0.25) is 0 Å². The van der Waals surface area contributed by atoms with E-state index in [0.29, 0.717) is 5.82 Å². The molecule has 4 rings (SSSR count). The Morgan fingerprint density at radius 2 is 2.04 bits per heavy atom. The Morgan fingerprint density at radius 3 is 2.74 bits per heavy atom. The molecule has 1 aliphatic carbocycles. The molecule has 2 fully saturated rings. The molecule has 2 N–H and O–H groups in total. The second kappa shape index (κ2) is 5.18. The van der Waals surface area contributed by atoms with Crippen LogP contribution in [0.4, 0.5) is 5.82 Å². The summed E-state index contributed by atoms with van der Waals surface area (Å²) in [7, 11) is 0. The Bertz CT molecular complexity index is 806. The molecule has 2 aromatic rings. The lowest BCUT2D eigenvalue weighted by atomic mass is 9.82. The van der Waals surface area contributed by atoms with Crippen LogP contribution in [0.1, 0.15) is 30.4 Å². The fourth-order valence-electron chi connectivity index (χ4n) is 3.37. The Morgan fingerprint density at radius 1 is 1.22 bits per heavy atom. The topological polar surface area (TPSA) is 72.1 Å². The van der Waals surface area contributed by atoms with Gasteiger partial charge >= 0.3 is 0 Å². The largest absolute Gasteiger partial charge is 0.316 e. The van der Waals surface area contributed by atoms with Crippen LogP contribution in [0.2, 0.25) is 0 Å². The van der Waals surface area contributed by atoms with Crippen LogP contribution in [-0.4, -0.2) is 27.5 Å². The van der Waals surface area contributed by atoms with E-state index in [9.17, 15) is 4.79 Å². The first kappa shape index (κ1) is 13.9. The molecule has 114 valence electrons. The van der Waals surface area contributed by atoms with Crippen LogP contribution in [0, 0.1) is 11.8 Å². The van der Waals surface area contributed by atoms with Crippen LogP contribution < -0.4 is 10.6 Å². The second-order valence-electron chi connectivity index (χ2n) is 6.02. The lowest BCUT2D eigenvalue weighted by Gasteiger charge is -2.49. The molecule has 1 aliphatic heterocycles. The molecule has 23 heavy (non-hydrogen) atoms. The lowest BCUT2D eigenvalue weighted by molar-refractivity contribution is -0.131. The number of aromatic nitrogens is 2. The maximum absolute atomic E-state index is 12.3. The Hall–Kier alpha value is -2.71. The third-order valence-electron chi connectivity index (χ3n) is 4.60. The predicted octanol–water partition coefficient (Wildman–Crippen LogP) is 1.47. The number of carbonyl (C=O) groups excluding carboxylic acids is 1. The number of nitrogens with zero attached hydrogens (tertiary/aromatic N) is 3. The van der Waals surface area contributed by atoms with Gasteiger partial charge in [-0.3, -0.25) is 14.7 Å². The van der Waals surface area contributed by atoms with Crippen LogP contribution in [0.15, 0.2) is 42.9 Å². The van der Waals surface area contributed by atoms with Crippen molar-refractivity contribution in [3.05, 3.63) is 54.0 Å². The van der Waals surface area contributed by atoms with E-state index < -0.39 is 5.54 Å². The van der Waals surface area contributed by atoms with Crippen molar-refractivity contribution in [3.63, 3.8) is 0 Å². The molecule has 0 radical (unpaired) electrons. The third-order valence-corrected chi connectivity index (χ3v) is 4.60. The predicted molar refractivity (Wildman–Crippen MR) is 86.5 cm³/mol. The number of hydrogen-bond acceptors (Lipinski definition) is 4. The molecule has 3 heterocycles. The number of rotatable bonds is 1. The first-order chi connectivity index (χ1) is 11.2. The van der Waals surface area contributed by atoms with Gasteiger partial charge < -0.3 is 5.73 Å². The van der Waals surface area contributed by atoms with E-state index in [1.165, 1.54) is 0 Å². The first-order valence-corrected chi connectivity index (χ1v) is 7.69. The van der Waals surface area contributed by atoms with Crippen molar-refractivity contribution in [2.75, 3.05) is 4.90 Å². The summed E-state index contributed by atoms with van der Waals surface area (Å²) in [5, 5.41) is 0. The van der Waals surface area contributed by atoms with Crippen molar-refractivity contribution in [1.29, 1.82) is 0 Å².